The molecule has 26 heavy (non-hydrogen) atoms. The number of methoxy groups -OCH3 is 2. The van der Waals surface area contributed by atoms with Crippen molar-refractivity contribution in [1.29, 1.82) is 0 Å². The first-order valence-corrected chi connectivity index (χ1v) is 9.64. The van der Waals surface area contributed by atoms with Crippen molar-refractivity contribution in [2.75, 3.05) is 14.2 Å². The topological polar surface area (TPSA) is 80.2 Å². The fraction of sp³-hybridized carbons (Fsp3) is 0.176. The van der Waals surface area contributed by atoms with Crippen LogP contribution in [0.15, 0.2) is 42.8 Å². The van der Waals surface area contributed by atoms with Crippen LogP contribution in [0.4, 0.5) is 0 Å². The maximum atomic E-state index is 12.1. The number of amides is 1. The minimum Gasteiger partial charge on any atom is -0.506 e. The molecule has 9 heteroatoms. The Kier molecular flexibility index (Phi) is 7.48. The Balaban J connectivity index is 2.06. The van der Waals surface area contributed by atoms with Gasteiger partial charge in [0.25, 0.3) is 0 Å². The summed E-state index contributed by atoms with van der Waals surface area (Å²) in [6.45, 7) is 0. The van der Waals surface area contributed by atoms with Crippen LogP contribution < -0.4 is 14.9 Å². The van der Waals surface area contributed by atoms with Crippen molar-refractivity contribution >= 4 is 59.9 Å². The van der Waals surface area contributed by atoms with E-state index in [1.54, 1.807) is 31.4 Å². The molecule has 0 aromatic heterocycles. The molecule has 0 bridgehead atoms. The third-order valence-electron chi connectivity index (χ3n) is 3.38. The molecule has 0 aliphatic heterocycles. The Morgan fingerprint density at radius 2 is 1.85 bits per heavy atom. The van der Waals surface area contributed by atoms with Gasteiger partial charge in [0.15, 0.2) is 11.5 Å². The van der Waals surface area contributed by atoms with Crippen LogP contribution >= 0.6 is 47.8 Å². The van der Waals surface area contributed by atoms with Crippen LogP contribution in [-0.2, 0) is 11.2 Å². The summed E-state index contributed by atoms with van der Waals surface area (Å²) in [6.07, 6.45) is 1.57. The number of aromatic hydroxyl groups is 1. The Labute approximate surface area is 176 Å². The summed E-state index contributed by atoms with van der Waals surface area (Å²) in [6, 6.07) is 6.95. The second-order valence-corrected chi connectivity index (χ2v) is 7.58. The molecule has 2 aromatic rings. The second kappa shape index (κ2) is 9.38. The van der Waals surface area contributed by atoms with Crippen molar-refractivity contribution in [3.8, 4) is 17.2 Å². The van der Waals surface area contributed by atoms with Crippen LogP contribution in [0.25, 0.3) is 0 Å². The molecule has 0 aliphatic carbocycles. The molecule has 2 aromatic carbocycles. The summed E-state index contributed by atoms with van der Waals surface area (Å²) < 4.78 is 12.1. The monoisotopic (exact) mass is 548 g/mol. The fourth-order valence-corrected chi connectivity index (χ4v) is 4.42. The van der Waals surface area contributed by atoms with E-state index >= 15 is 0 Å². The molecular weight excluding hydrogens is 536 g/mol. The maximum absolute atomic E-state index is 12.1. The van der Waals surface area contributed by atoms with E-state index in [1.807, 2.05) is 0 Å². The predicted molar refractivity (Wildman–Crippen MR) is 110 cm³/mol. The van der Waals surface area contributed by atoms with E-state index in [4.69, 9.17) is 9.47 Å². The van der Waals surface area contributed by atoms with Crippen molar-refractivity contribution in [3.63, 3.8) is 0 Å². The van der Waals surface area contributed by atoms with Gasteiger partial charge in [-0.05, 0) is 55.6 Å². The Morgan fingerprint density at radius 3 is 2.50 bits per heavy atom. The molecule has 0 atom stereocenters. The smallest absolute Gasteiger partial charge is 0.244 e. The Morgan fingerprint density at radius 1 is 1.15 bits per heavy atom. The molecular formula is C17H15Br3N2O4. The summed E-state index contributed by atoms with van der Waals surface area (Å²) in [5.41, 5.74) is 3.82. The van der Waals surface area contributed by atoms with E-state index in [0.29, 0.717) is 30.5 Å². The zero-order valence-electron chi connectivity index (χ0n) is 13.8. The largest absolute Gasteiger partial charge is 0.506 e. The SMILES string of the molecule is COc1ccc(CC(=O)N/N=C/c2c(Br)cc(Br)c(O)c2Br)cc1OC. The number of nitrogens with one attached hydrogen (secondary N) is 1. The van der Waals surface area contributed by atoms with Crippen LogP contribution in [0, 0.1) is 0 Å². The number of carbonyl (C=O) groups excluding carboxylic acids is 1. The van der Waals surface area contributed by atoms with E-state index < -0.39 is 0 Å². The fourth-order valence-electron chi connectivity index (χ4n) is 2.10. The molecule has 1 amide bonds. The number of hydrazone groups is 1. The maximum Gasteiger partial charge on any atom is 0.244 e. The number of halogens is 3. The zero-order valence-corrected chi connectivity index (χ0v) is 18.6. The van der Waals surface area contributed by atoms with Gasteiger partial charge in [-0.2, -0.15) is 5.10 Å². The summed E-state index contributed by atoms with van der Waals surface area (Å²) >= 11 is 9.91. The quantitative estimate of drug-likeness (QED) is 0.413. The first kappa shape index (κ1) is 20.7. The highest BCUT2D eigenvalue weighted by molar-refractivity contribution is 9.11. The lowest BCUT2D eigenvalue weighted by molar-refractivity contribution is -0.120. The van der Waals surface area contributed by atoms with Gasteiger partial charge in [0, 0.05) is 10.0 Å². The van der Waals surface area contributed by atoms with Gasteiger partial charge >= 0.3 is 0 Å². The summed E-state index contributed by atoms with van der Waals surface area (Å²) in [4.78, 5) is 12.1. The number of phenolic OH excluding ortho intramolecular Hbond substituents is 1. The molecule has 0 heterocycles. The van der Waals surface area contributed by atoms with E-state index in [9.17, 15) is 9.90 Å². The predicted octanol–water partition coefficient (Wildman–Crippen LogP) is 4.39. The number of rotatable bonds is 6. The van der Waals surface area contributed by atoms with Crippen molar-refractivity contribution < 1.29 is 19.4 Å². The van der Waals surface area contributed by atoms with Gasteiger partial charge in [0.1, 0.15) is 5.75 Å². The van der Waals surface area contributed by atoms with E-state index in [0.717, 1.165) is 5.56 Å². The van der Waals surface area contributed by atoms with E-state index in [-0.39, 0.29) is 18.1 Å². The van der Waals surface area contributed by atoms with Gasteiger partial charge in [0.2, 0.25) is 5.91 Å². The Hall–Kier alpha value is -1.58. The number of hydrogen-bond donors (Lipinski definition) is 2. The first-order chi connectivity index (χ1) is 12.4. The Bertz CT molecular complexity index is 856. The molecule has 0 saturated heterocycles. The van der Waals surface area contributed by atoms with Crippen molar-refractivity contribution in [3.05, 3.63) is 48.8 Å². The number of hydrogen-bond acceptors (Lipinski definition) is 5. The summed E-state index contributed by atoms with van der Waals surface area (Å²) in [5, 5.41) is 13.9. The summed E-state index contributed by atoms with van der Waals surface area (Å²) in [7, 11) is 3.09. The average Bonchev–Trinajstić information content (AvgIpc) is 2.62. The lowest BCUT2D eigenvalue weighted by atomic mass is 10.1. The van der Waals surface area contributed by atoms with Gasteiger partial charge in [-0.3, -0.25) is 4.79 Å². The van der Waals surface area contributed by atoms with Gasteiger partial charge in [-0.1, -0.05) is 22.0 Å². The van der Waals surface area contributed by atoms with Crippen LogP contribution in [0.2, 0.25) is 0 Å². The average molecular weight is 551 g/mol. The highest BCUT2D eigenvalue weighted by Gasteiger charge is 2.12. The van der Waals surface area contributed by atoms with Crippen LogP contribution in [-0.4, -0.2) is 31.4 Å². The highest BCUT2D eigenvalue weighted by atomic mass is 79.9. The minimum atomic E-state index is -0.290. The number of benzene rings is 2. The van der Waals surface area contributed by atoms with Gasteiger partial charge in [-0.15, -0.1) is 0 Å². The van der Waals surface area contributed by atoms with Gasteiger partial charge in [-0.25, -0.2) is 5.43 Å². The lowest BCUT2D eigenvalue weighted by Gasteiger charge is -2.09. The van der Waals surface area contributed by atoms with Crippen LogP contribution in [0.5, 0.6) is 17.2 Å². The molecule has 138 valence electrons. The van der Waals surface area contributed by atoms with E-state index in [2.05, 4.69) is 58.3 Å². The van der Waals surface area contributed by atoms with Crippen LogP contribution in [0.3, 0.4) is 0 Å². The third kappa shape index (κ3) is 4.99. The second-order valence-electron chi connectivity index (χ2n) is 5.08. The third-order valence-corrected chi connectivity index (χ3v) is 5.44. The van der Waals surface area contributed by atoms with Gasteiger partial charge in [0.05, 0.1) is 35.8 Å². The molecule has 2 N–H and O–H groups in total. The zero-order chi connectivity index (χ0) is 19.3. The highest BCUT2D eigenvalue weighted by Crippen LogP contribution is 2.38. The number of ether oxygens (including phenoxy) is 2. The number of phenols is 1. The molecule has 0 spiro atoms. The molecule has 0 saturated carbocycles. The number of nitrogens with zero attached hydrogens (tertiary/aromatic N) is 1. The lowest BCUT2D eigenvalue weighted by Crippen LogP contribution is -2.19. The van der Waals surface area contributed by atoms with Crippen molar-refractivity contribution in [2.24, 2.45) is 5.10 Å². The number of carbonyl (C=O) groups is 1. The molecule has 2 rings (SSSR count). The minimum absolute atomic E-state index is 0.0475. The molecule has 0 fully saturated rings. The molecule has 6 nitrogen and oxygen atoms in total. The normalized spacial score (nSPS) is 10.8. The standard InChI is InChI=1S/C17H15Br3N2O4/c1-25-13-4-3-9(5-14(13)26-2)6-15(23)22-21-8-10-11(18)7-12(19)17(24)16(10)20/h3-5,7-8,24H,6H2,1-2H3,(H,22,23)/b21-8+. The van der Waals surface area contributed by atoms with E-state index in [1.165, 1.54) is 13.3 Å². The molecule has 0 radical (unpaired) electrons. The van der Waals surface area contributed by atoms with Crippen LogP contribution in [0.1, 0.15) is 11.1 Å². The summed E-state index contributed by atoms with van der Waals surface area (Å²) in [5.74, 6) is 0.910. The van der Waals surface area contributed by atoms with Crippen molar-refractivity contribution in [2.45, 2.75) is 6.42 Å². The van der Waals surface area contributed by atoms with Crippen molar-refractivity contribution in [1.82, 2.24) is 5.43 Å². The molecule has 0 aliphatic rings. The molecule has 0 unspecified atom stereocenters. The first-order valence-electron chi connectivity index (χ1n) is 7.26. The van der Waals surface area contributed by atoms with Gasteiger partial charge < -0.3 is 14.6 Å².